The lowest BCUT2D eigenvalue weighted by Crippen LogP contribution is -2.37. The molecule has 0 saturated heterocycles. The average Bonchev–Trinajstić information content (AvgIpc) is 3.38. The highest BCUT2D eigenvalue weighted by atomic mass is 127. The lowest BCUT2D eigenvalue weighted by molar-refractivity contribution is -0.0505. The zero-order chi connectivity index (χ0) is 17.4. The van der Waals surface area contributed by atoms with E-state index in [1.54, 1.807) is 19.2 Å². The van der Waals surface area contributed by atoms with Crippen LogP contribution in [-0.4, -0.2) is 32.8 Å². The number of nitrogens with zero attached hydrogens (tertiary/aromatic N) is 1. The molecular formula is C17H26F2IN3O2. The number of alkyl halides is 2. The molecule has 0 aromatic heterocycles. The highest BCUT2D eigenvalue weighted by molar-refractivity contribution is 14.0. The van der Waals surface area contributed by atoms with Crippen molar-refractivity contribution >= 4 is 29.9 Å². The molecule has 2 N–H and O–H groups in total. The Labute approximate surface area is 164 Å². The maximum Gasteiger partial charge on any atom is 0.387 e. The zero-order valence-corrected chi connectivity index (χ0v) is 16.9. The Hall–Kier alpha value is -1.32. The molecule has 142 valence electrons. The summed E-state index contributed by atoms with van der Waals surface area (Å²) in [5.41, 5.74) is 0.619. The fourth-order valence-electron chi connectivity index (χ4n) is 2.16. The second-order valence-corrected chi connectivity index (χ2v) is 5.75. The first-order valence-electron chi connectivity index (χ1n) is 8.27. The second kappa shape index (κ2) is 11.3. The molecule has 5 nitrogen and oxygen atoms in total. The minimum absolute atomic E-state index is 0. The van der Waals surface area contributed by atoms with Crippen molar-refractivity contribution in [3.63, 3.8) is 0 Å². The summed E-state index contributed by atoms with van der Waals surface area (Å²) in [6, 6.07) is 4.98. The predicted octanol–water partition coefficient (Wildman–Crippen LogP) is 3.77. The van der Waals surface area contributed by atoms with Gasteiger partial charge in [0.1, 0.15) is 11.5 Å². The van der Waals surface area contributed by atoms with Crippen molar-refractivity contribution in [3.8, 4) is 11.5 Å². The number of ether oxygens (including phenoxy) is 2. The SMILES string of the molecule is CCCOc1ccc(CNC(=NC)NCC2CC2)c(OC(F)F)c1.I. The number of benzene rings is 1. The van der Waals surface area contributed by atoms with Crippen LogP contribution in [0.2, 0.25) is 0 Å². The van der Waals surface area contributed by atoms with Gasteiger partial charge in [0, 0.05) is 31.8 Å². The molecule has 0 spiro atoms. The highest BCUT2D eigenvalue weighted by Crippen LogP contribution is 2.28. The Morgan fingerprint density at radius 1 is 1.32 bits per heavy atom. The maximum absolute atomic E-state index is 12.6. The first kappa shape index (κ1) is 21.7. The molecule has 1 saturated carbocycles. The third-order valence-electron chi connectivity index (χ3n) is 3.65. The van der Waals surface area contributed by atoms with Gasteiger partial charge in [-0.3, -0.25) is 4.99 Å². The van der Waals surface area contributed by atoms with Gasteiger partial charge >= 0.3 is 6.61 Å². The Balaban J connectivity index is 0.00000312. The van der Waals surface area contributed by atoms with Gasteiger partial charge in [0.15, 0.2) is 5.96 Å². The average molecular weight is 469 g/mol. The summed E-state index contributed by atoms with van der Waals surface area (Å²) in [4.78, 5) is 4.13. The van der Waals surface area contributed by atoms with Gasteiger partial charge in [-0.1, -0.05) is 6.92 Å². The molecule has 8 heteroatoms. The van der Waals surface area contributed by atoms with E-state index in [-0.39, 0.29) is 29.7 Å². The second-order valence-electron chi connectivity index (χ2n) is 5.75. The molecule has 0 bridgehead atoms. The standard InChI is InChI=1S/C17H25F2N3O2.HI/c1-3-8-23-14-7-6-13(15(9-14)24-16(18)19)11-22-17(20-2)21-10-12-4-5-12;/h6-7,9,12,16H,3-5,8,10-11H2,1-2H3,(H2,20,21,22);1H. The molecular weight excluding hydrogens is 443 g/mol. The van der Waals surface area contributed by atoms with Gasteiger partial charge in [0.25, 0.3) is 0 Å². The van der Waals surface area contributed by atoms with Gasteiger partial charge in [-0.05, 0) is 37.3 Å². The number of guanidine groups is 1. The van der Waals surface area contributed by atoms with E-state index in [2.05, 4.69) is 20.4 Å². The summed E-state index contributed by atoms with van der Waals surface area (Å²) in [6.45, 7) is 0.848. The number of hydrogen-bond acceptors (Lipinski definition) is 3. The van der Waals surface area contributed by atoms with Crippen molar-refractivity contribution in [3.05, 3.63) is 23.8 Å². The van der Waals surface area contributed by atoms with E-state index in [0.29, 0.717) is 30.4 Å². The molecule has 0 atom stereocenters. The molecule has 25 heavy (non-hydrogen) atoms. The Kier molecular flexibility index (Phi) is 9.84. The van der Waals surface area contributed by atoms with E-state index in [4.69, 9.17) is 4.74 Å². The van der Waals surface area contributed by atoms with Gasteiger partial charge in [0.05, 0.1) is 6.61 Å². The third kappa shape index (κ3) is 8.06. The van der Waals surface area contributed by atoms with Crippen LogP contribution < -0.4 is 20.1 Å². The van der Waals surface area contributed by atoms with Crippen molar-refractivity contribution in [2.75, 3.05) is 20.2 Å². The lowest BCUT2D eigenvalue weighted by Gasteiger charge is -2.15. The number of aliphatic imine (C=N–C) groups is 1. The maximum atomic E-state index is 12.6. The number of halogens is 3. The normalized spacial score (nSPS) is 14.0. The summed E-state index contributed by atoms with van der Waals surface area (Å²) in [7, 11) is 1.68. The van der Waals surface area contributed by atoms with Crippen LogP contribution in [0.1, 0.15) is 31.7 Å². The quantitative estimate of drug-likeness (QED) is 0.329. The lowest BCUT2D eigenvalue weighted by atomic mass is 10.2. The van der Waals surface area contributed by atoms with E-state index >= 15 is 0 Å². The first-order valence-corrected chi connectivity index (χ1v) is 8.27. The van der Waals surface area contributed by atoms with Gasteiger partial charge in [-0.2, -0.15) is 8.78 Å². The number of hydrogen-bond donors (Lipinski definition) is 2. The van der Waals surface area contributed by atoms with Gasteiger partial charge in [-0.15, -0.1) is 24.0 Å². The number of nitrogens with one attached hydrogen (secondary N) is 2. The molecule has 2 rings (SSSR count). The van der Waals surface area contributed by atoms with Crippen LogP contribution in [0.4, 0.5) is 8.78 Å². The van der Waals surface area contributed by atoms with Crippen molar-refractivity contribution in [2.24, 2.45) is 10.9 Å². The van der Waals surface area contributed by atoms with Gasteiger partial charge in [0.2, 0.25) is 0 Å². The van der Waals surface area contributed by atoms with Crippen LogP contribution in [0, 0.1) is 5.92 Å². The van der Waals surface area contributed by atoms with Crippen LogP contribution in [0.5, 0.6) is 11.5 Å². The minimum Gasteiger partial charge on any atom is -0.493 e. The van der Waals surface area contributed by atoms with Crippen LogP contribution in [0.15, 0.2) is 23.2 Å². The molecule has 1 aromatic carbocycles. The zero-order valence-electron chi connectivity index (χ0n) is 14.6. The van der Waals surface area contributed by atoms with Crippen molar-refractivity contribution in [1.29, 1.82) is 0 Å². The first-order chi connectivity index (χ1) is 11.6. The molecule has 0 aliphatic heterocycles. The Morgan fingerprint density at radius 2 is 2.08 bits per heavy atom. The van der Waals surface area contributed by atoms with E-state index in [9.17, 15) is 8.78 Å². The molecule has 0 radical (unpaired) electrons. The fraction of sp³-hybridized carbons (Fsp3) is 0.588. The van der Waals surface area contributed by atoms with E-state index in [0.717, 1.165) is 18.9 Å². The fourth-order valence-corrected chi connectivity index (χ4v) is 2.16. The smallest absolute Gasteiger partial charge is 0.387 e. The Bertz CT molecular complexity index is 555. The summed E-state index contributed by atoms with van der Waals surface area (Å²) in [6.07, 6.45) is 3.34. The van der Waals surface area contributed by atoms with Gasteiger partial charge in [-0.25, -0.2) is 0 Å². The summed E-state index contributed by atoms with van der Waals surface area (Å²) >= 11 is 0. The van der Waals surface area contributed by atoms with Crippen LogP contribution >= 0.6 is 24.0 Å². The molecule has 0 unspecified atom stereocenters. The van der Waals surface area contributed by atoms with E-state index < -0.39 is 6.61 Å². The molecule has 0 heterocycles. The van der Waals surface area contributed by atoms with Crippen LogP contribution in [-0.2, 0) is 6.54 Å². The third-order valence-corrected chi connectivity index (χ3v) is 3.65. The van der Waals surface area contributed by atoms with Crippen LogP contribution in [0.25, 0.3) is 0 Å². The molecule has 0 amide bonds. The van der Waals surface area contributed by atoms with E-state index in [1.807, 2.05) is 6.92 Å². The Morgan fingerprint density at radius 3 is 2.68 bits per heavy atom. The van der Waals surface area contributed by atoms with Crippen molar-refractivity contribution in [1.82, 2.24) is 10.6 Å². The summed E-state index contributed by atoms with van der Waals surface area (Å²) < 4.78 is 35.4. The summed E-state index contributed by atoms with van der Waals surface area (Å²) in [5, 5.41) is 6.34. The largest absolute Gasteiger partial charge is 0.493 e. The highest BCUT2D eigenvalue weighted by Gasteiger charge is 2.21. The van der Waals surface area contributed by atoms with Crippen LogP contribution in [0.3, 0.4) is 0 Å². The molecule has 1 aliphatic carbocycles. The molecule has 1 aliphatic rings. The predicted molar refractivity (Wildman–Crippen MR) is 105 cm³/mol. The molecule has 1 fully saturated rings. The topological polar surface area (TPSA) is 54.9 Å². The number of rotatable bonds is 9. The van der Waals surface area contributed by atoms with Gasteiger partial charge < -0.3 is 20.1 Å². The molecule has 1 aromatic rings. The van der Waals surface area contributed by atoms with Crippen molar-refractivity contribution < 1.29 is 18.3 Å². The summed E-state index contributed by atoms with van der Waals surface area (Å²) in [5.74, 6) is 2.00. The van der Waals surface area contributed by atoms with Crippen molar-refractivity contribution in [2.45, 2.75) is 39.3 Å². The minimum atomic E-state index is -2.88. The monoisotopic (exact) mass is 469 g/mol. The van der Waals surface area contributed by atoms with E-state index in [1.165, 1.54) is 18.9 Å².